The van der Waals surface area contributed by atoms with Gasteiger partial charge in [0.2, 0.25) is 5.82 Å². The van der Waals surface area contributed by atoms with E-state index in [4.69, 9.17) is 0 Å². The molecule has 0 spiro atoms. The number of H-pyrrole nitrogens is 1. The van der Waals surface area contributed by atoms with Crippen molar-refractivity contribution in [3.8, 4) is 0 Å². The Morgan fingerprint density at radius 1 is 1.67 bits per heavy atom. The fourth-order valence-electron chi connectivity index (χ4n) is 1.57. The Kier molecular flexibility index (Phi) is 3.60. The predicted molar refractivity (Wildman–Crippen MR) is 58.8 cm³/mol. The van der Waals surface area contributed by atoms with Crippen LogP contribution in [0.1, 0.15) is 29.9 Å². The third-order valence-corrected chi connectivity index (χ3v) is 3.79. The molecule has 0 radical (unpaired) electrons. The highest BCUT2D eigenvalue weighted by molar-refractivity contribution is 7.99. The van der Waals surface area contributed by atoms with Crippen LogP contribution in [0.3, 0.4) is 0 Å². The zero-order chi connectivity index (χ0) is 10.5. The first-order valence-corrected chi connectivity index (χ1v) is 6.16. The van der Waals surface area contributed by atoms with Crippen LogP contribution in [0.15, 0.2) is 6.33 Å². The van der Waals surface area contributed by atoms with E-state index in [1.54, 1.807) is 0 Å². The lowest BCUT2D eigenvalue weighted by molar-refractivity contribution is 0.0943. The zero-order valence-electron chi connectivity index (χ0n) is 8.40. The molecule has 0 saturated carbocycles. The van der Waals surface area contributed by atoms with Crippen molar-refractivity contribution in [3.05, 3.63) is 12.2 Å². The van der Waals surface area contributed by atoms with Gasteiger partial charge in [0.05, 0.1) is 0 Å². The van der Waals surface area contributed by atoms with E-state index in [0.717, 1.165) is 6.54 Å². The molecule has 1 fully saturated rings. The maximum absolute atomic E-state index is 11.5. The van der Waals surface area contributed by atoms with Crippen molar-refractivity contribution < 1.29 is 4.79 Å². The fraction of sp³-hybridized carbons (Fsp3) is 0.667. The maximum atomic E-state index is 11.5. The number of thioether (sulfide) groups is 1. The van der Waals surface area contributed by atoms with Gasteiger partial charge in [-0.2, -0.15) is 16.9 Å². The average Bonchev–Trinajstić information content (AvgIpc) is 2.81. The summed E-state index contributed by atoms with van der Waals surface area (Å²) in [7, 11) is 0. The Bertz CT molecular complexity index is 308. The van der Waals surface area contributed by atoms with E-state index in [9.17, 15) is 4.79 Å². The smallest absolute Gasteiger partial charge is 0.288 e. The molecule has 15 heavy (non-hydrogen) atoms. The topological polar surface area (TPSA) is 70.7 Å². The van der Waals surface area contributed by atoms with E-state index >= 15 is 0 Å². The molecule has 82 valence electrons. The summed E-state index contributed by atoms with van der Waals surface area (Å²) in [5.41, 5.74) is 0. The maximum Gasteiger partial charge on any atom is 0.288 e. The Morgan fingerprint density at radius 3 is 3.27 bits per heavy atom. The second kappa shape index (κ2) is 5.16. The summed E-state index contributed by atoms with van der Waals surface area (Å²) in [6, 6.07) is 0. The van der Waals surface area contributed by atoms with Gasteiger partial charge in [0, 0.05) is 11.8 Å². The van der Waals surface area contributed by atoms with Crippen LogP contribution < -0.4 is 5.32 Å². The van der Waals surface area contributed by atoms with Crippen molar-refractivity contribution in [2.75, 3.05) is 12.3 Å². The molecular formula is C9H14N4OS. The summed E-state index contributed by atoms with van der Waals surface area (Å²) in [6.07, 6.45) is 5.11. The number of hydrogen-bond acceptors (Lipinski definition) is 4. The monoisotopic (exact) mass is 226 g/mol. The number of carbonyl (C=O) groups is 1. The molecule has 1 atom stereocenters. The third-order valence-electron chi connectivity index (χ3n) is 2.39. The quantitative estimate of drug-likeness (QED) is 0.800. The van der Waals surface area contributed by atoms with Gasteiger partial charge in [-0.3, -0.25) is 9.89 Å². The van der Waals surface area contributed by atoms with Gasteiger partial charge in [0.1, 0.15) is 6.33 Å². The molecule has 0 aliphatic carbocycles. The molecule has 0 bridgehead atoms. The molecular weight excluding hydrogens is 212 g/mol. The lowest BCUT2D eigenvalue weighted by atomic mass is 10.2. The Balaban J connectivity index is 1.75. The molecule has 6 heteroatoms. The van der Waals surface area contributed by atoms with Crippen molar-refractivity contribution in [1.29, 1.82) is 0 Å². The number of hydrogen-bond donors (Lipinski definition) is 2. The van der Waals surface area contributed by atoms with Gasteiger partial charge in [0.15, 0.2) is 0 Å². The normalized spacial score (nSPS) is 21.2. The van der Waals surface area contributed by atoms with Gasteiger partial charge < -0.3 is 5.32 Å². The van der Waals surface area contributed by atoms with Crippen LogP contribution in [0.5, 0.6) is 0 Å². The van der Waals surface area contributed by atoms with Gasteiger partial charge in [-0.15, -0.1) is 0 Å². The minimum absolute atomic E-state index is 0.168. The van der Waals surface area contributed by atoms with E-state index in [0.29, 0.717) is 5.25 Å². The second-order valence-corrected chi connectivity index (χ2v) is 4.94. The molecule has 0 aromatic carbocycles. The summed E-state index contributed by atoms with van der Waals surface area (Å²) in [5, 5.41) is 9.60. The standard InChI is InChI=1S/C9H14N4OS/c14-9(8-11-6-12-13-8)10-5-7-3-1-2-4-15-7/h6-7H,1-5H2,(H,10,14)(H,11,12,13). The number of carbonyl (C=O) groups excluding carboxylic acids is 1. The van der Waals surface area contributed by atoms with Crippen molar-refractivity contribution in [3.63, 3.8) is 0 Å². The summed E-state index contributed by atoms with van der Waals surface area (Å²) in [4.78, 5) is 15.3. The molecule has 1 saturated heterocycles. The van der Waals surface area contributed by atoms with E-state index in [2.05, 4.69) is 20.5 Å². The van der Waals surface area contributed by atoms with Crippen molar-refractivity contribution in [2.24, 2.45) is 0 Å². The van der Waals surface area contributed by atoms with Gasteiger partial charge >= 0.3 is 0 Å². The molecule has 2 rings (SSSR count). The summed E-state index contributed by atoms with van der Waals surface area (Å²) in [5.74, 6) is 1.33. The van der Waals surface area contributed by atoms with Gasteiger partial charge in [-0.1, -0.05) is 6.42 Å². The summed E-state index contributed by atoms with van der Waals surface area (Å²) < 4.78 is 0. The van der Waals surface area contributed by atoms with Crippen LogP contribution in [0.4, 0.5) is 0 Å². The highest BCUT2D eigenvalue weighted by Crippen LogP contribution is 2.24. The Labute approximate surface area is 92.4 Å². The van der Waals surface area contributed by atoms with E-state index in [1.807, 2.05) is 11.8 Å². The first-order valence-electron chi connectivity index (χ1n) is 5.11. The fourth-order valence-corrected chi connectivity index (χ4v) is 2.81. The predicted octanol–water partition coefficient (Wildman–Crippen LogP) is 0.820. The Hall–Kier alpha value is -1.04. The van der Waals surface area contributed by atoms with Crippen LogP contribution >= 0.6 is 11.8 Å². The minimum atomic E-state index is -0.168. The molecule has 5 nitrogen and oxygen atoms in total. The number of nitrogens with zero attached hydrogens (tertiary/aromatic N) is 2. The van der Waals surface area contributed by atoms with Crippen LogP contribution in [-0.2, 0) is 0 Å². The van der Waals surface area contributed by atoms with Crippen LogP contribution in [0.2, 0.25) is 0 Å². The summed E-state index contributed by atoms with van der Waals surface area (Å²) in [6.45, 7) is 0.726. The molecule has 1 aromatic heterocycles. The van der Waals surface area contributed by atoms with Gasteiger partial charge in [0.25, 0.3) is 5.91 Å². The molecule has 1 amide bonds. The van der Waals surface area contributed by atoms with Gasteiger partial charge in [-0.25, -0.2) is 4.98 Å². The third kappa shape index (κ3) is 2.95. The molecule has 2 N–H and O–H groups in total. The summed E-state index contributed by atoms with van der Waals surface area (Å²) >= 11 is 1.94. The van der Waals surface area contributed by atoms with E-state index in [1.165, 1.54) is 31.3 Å². The number of nitrogens with one attached hydrogen (secondary N) is 2. The van der Waals surface area contributed by atoms with Crippen molar-refractivity contribution >= 4 is 17.7 Å². The van der Waals surface area contributed by atoms with Crippen LogP contribution in [-0.4, -0.2) is 38.6 Å². The number of aromatic amines is 1. The van der Waals surface area contributed by atoms with Gasteiger partial charge in [-0.05, 0) is 18.6 Å². The molecule has 1 aliphatic rings. The van der Waals surface area contributed by atoms with E-state index in [-0.39, 0.29) is 11.7 Å². The molecule has 1 unspecified atom stereocenters. The van der Waals surface area contributed by atoms with Crippen molar-refractivity contribution in [1.82, 2.24) is 20.5 Å². The molecule has 1 aromatic rings. The first-order chi connectivity index (χ1) is 7.36. The van der Waals surface area contributed by atoms with E-state index < -0.39 is 0 Å². The average molecular weight is 226 g/mol. The number of amides is 1. The molecule has 1 aliphatic heterocycles. The van der Waals surface area contributed by atoms with Crippen LogP contribution in [0.25, 0.3) is 0 Å². The number of aromatic nitrogens is 3. The number of rotatable bonds is 3. The second-order valence-electron chi connectivity index (χ2n) is 3.53. The Morgan fingerprint density at radius 2 is 2.60 bits per heavy atom. The zero-order valence-corrected chi connectivity index (χ0v) is 9.22. The van der Waals surface area contributed by atoms with Crippen LogP contribution in [0, 0.1) is 0 Å². The molecule has 2 heterocycles. The largest absolute Gasteiger partial charge is 0.348 e. The highest BCUT2D eigenvalue weighted by atomic mass is 32.2. The first kappa shape index (κ1) is 10.5. The minimum Gasteiger partial charge on any atom is -0.348 e. The lowest BCUT2D eigenvalue weighted by Gasteiger charge is -2.20. The highest BCUT2D eigenvalue weighted by Gasteiger charge is 2.16. The lowest BCUT2D eigenvalue weighted by Crippen LogP contribution is -2.32. The SMILES string of the molecule is O=C(NCC1CCCCS1)c1ncn[nH]1. The van der Waals surface area contributed by atoms with Crippen molar-refractivity contribution in [2.45, 2.75) is 24.5 Å².